The van der Waals surface area contributed by atoms with Crippen LogP contribution < -0.4 is 5.32 Å². The molecule has 0 radical (unpaired) electrons. The van der Waals surface area contributed by atoms with E-state index in [9.17, 15) is 4.79 Å². The van der Waals surface area contributed by atoms with Gasteiger partial charge >= 0.3 is 6.09 Å². The van der Waals surface area contributed by atoms with Crippen molar-refractivity contribution in [1.29, 1.82) is 0 Å². The second-order valence-corrected chi connectivity index (χ2v) is 7.73. The van der Waals surface area contributed by atoms with Crippen LogP contribution in [0.2, 0.25) is 0 Å². The number of hydrogen-bond donors (Lipinski definition) is 1. The normalized spacial score (nSPS) is 16.7. The van der Waals surface area contributed by atoms with Crippen LogP contribution in [0.4, 0.5) is 10.7 Å². The Hall–Kier alpha value is -2.58. The summed E-state index contributed by atoms with van der Waals surface area (Å²) in [4.78, 5) is 19.6. The van der Waals surface area contributed by atoms with E-state index < -0.39 is 6.23 Å². The Kier molecular flexibility index (Phi) is 7.92. The predicted molar refractivity (Wildman–Crippen MR) is 123 cm³/mol. The number of ether oxygens (including phenoxy) is 3. The van der Waals surface area contributed by atoms with Crippen molar-refractivity contribution < 1.29 is 20.4 Å². The number of carbonyl (C=O) groups excluding carboxylic acids is 1. The van der Waals surface area contributed by atoms with Crippen LogP contribution in [0.3, 0.4) is 0 Å². The second-order valence-electron chi connectivity index (χ2n) is 7.73. The molecule has 3 rings (SSSR count). The summed E-state index contributed by atoms with van der Waals surface area (Å²) in [5.41, 5.74) is 3.95. The summed E-state index contributed by atoms with van der Waals surface area (Å²) < 4.78 is 18.5. The fraction of sp³-hybridized carbons (Fsp3) is 0.565. The van der Waals surface area contributed by atoms with Crippen molar-refractivity contribution >= 4 is 23.1 Å². The summed E-state index contributed by atoms with van der Waals surface area (Å²) in [6.07, 6.45) is 0.782. The SMILES string of the molecule is CCC1=C([C@@H](C)CC)Nc2nc3ccccc3n2C1OC(=O)N(CCOC)CCOC.[HH]. The molecule has 1 aromatic heterocycles. The van der Waals surface area contributed by atoms with Crippen LogP contribution in [-0.2, 0) is 14.2 Å². The first kappa shape index (κ1) is 23.1. The third-order valence-electron chi connectivity index (χ3n) is 5.81. The number of hydrogen-bond acceptors (Lipinski definition) is 6. The number of amides is 1. The molecule has 0 saturated heterocycles. The van der Waals surface area contributed by atoms with Gasteiger partial charge in [0.2, 0.25) is 12.2 Å². The lowest BCUT2D eigenvalue weighted by Crippen LogP contribution is -2.39. The Bertz CT molecular complexity index is 922. The van der Waals surface area contributed by atoms with E-state index in [1.54, 1.807) is 19.1 Å². The van der Waals surface area contributed by atoms with Gasteiger partial charge in [0, 0.05) is 40.0 Å². The van der Waals surface area contributed by atoms with Gasteiger partial charge in [-0.3, -0.25) is 4.57 Å². The Morgan fingerprint density at radius 1 is 1.23 bits per heavy atom. The van der Waals surface area contributed by atoms with E-state index in [0.717, 1.165) is 35.1 Å². The first-order valence-corrected chi connectivity index (χ1v) is 11.0. The highest BCUT2D eigenvalue weighted by Crippen LogP contribution is 2.40. The van der Waals surface area contributed by atoms with Crippen LogP contribution in [0.15, 0.2) is 35.5 Å². The van der Waals surface area contributed by atoms with Crippen molar-refractivity contribution in [3.63, 3.8) is 0 Å². The molecule has 1 N–H and O–H groups in total. The summed E-state index contributed by atoms with van der Waals surface area (Å²) in [7, 11) is 3.24. The number of carbonyl (C=O) groups is 1. The first-order valence-electron chi connectivity index (χ1n) is 11.0. The van der Waals surface area contributed by atoms with Crippen molar-refractivity contribution in [2.45, 2.75) is 39.8 Å². The molecule has 1 amide bonds. The number of benzene rings is 1. The fourth-order valence-electron chi connectivity index (χ4n) is 3.86. The number of allylic oxidation sites excluding steroid dienone is 1. The summed E-state index contributed by atoms with van der Waals surface area (Å²) in [6.45, 7) is 8.16. The highest BCUT2D eigenvalue weighted by molar-refractivity contribution is 5.80. The maximum atomic E-state index is 13.2. The number of imidazole rings is 1. The quantitative estimate of drug-likeness (QED) is 0.589. The third kappa shape index (κ3) is 4.85. The minimum absolute atomic E-state index is 0. The molecule has 0 aliphatic carbocycles. The van der Waals surface area contributed by atoms with Crippen LogP contribution in [0, 0.1) is 5.92 Å². The largest absolute Gasteiger partial charge is 0.421 e. The Morgan fingerprint density at radius 2 is 1.90 bits per heavy atom. The molecule has 1 aliphatic heterocycles. The van der Waals surface area contributed by atoms with Gasteiger partial charge in [0.1, 0.15) is 0 Å². The molecular weight excluding hydrogens is 396 g/mol. The number of nitrogens with one attached hydrogen (secondary N) is 1. The zero-order chi connectivity index (χ0) is 22.4. The summed E-state index contributed by atoms with van der Waals surface area (Å²) in [5, 5.41) is 3.53. The molecule has 8 nitrogen and oxygen atoms in total. The van der Waals surface area contributed by atoms with Crippen molar-refractivity contribution in [3.05, 3.63) is 35.5 Å². The minimum atomic E-state index is -0.558. The van der Waals surface area contributed by atoms with Gasteiger partial charge in [-0.15, -0.1) is 0 Å². The van der Waals surface area contributed by atoms with Gasteiger partial charge in [-0.1, -0.05) is 32.9 Å². The van der Waals surface area contributed by atoms with Crippen molar-refractivity contribution in [3.8, 4) is 0 Å². The van der Waals surface area contributed by atoms with Gasteiger partial charge in [-0.25, -0.2) is 9.78 Å². The molecule has 0 bridgehead atoms. The molecule has 31 heavy (non-hydrogen) atoms. The van der Waals surface area contributed by atoms with E-state index in [1.165, 1.54) is 0 Å². The Morgan fingerprint density at radius 3 is 2.52 bits per heavy atom. The Balaban J connectivity index is 0.00000363. The average molecular weight is 433 g/mol. The maximum Gasteiger partial charge on any atom is 0.412 e. The number of aromatic nitrogens is 2. The van der Waals surface area contributed by atoms with E-state index in [4.69, 9.17) is 19.2 Å². The molecule has 1 aliphatic rings. The maximum absolute atomic E-state index is 13.2. The van der Waals surface area contributed by atoms with Crippen LogP contribution in [0.1, 0.15) is 41.3 Å². The van der Waals surface area contributed by atoms with Gasteiger partial charge in [0.05, 0.1) is 24.2 Å². The van der Waals surface area contributed by atoms with E-state index in [-0.39, 0.29) is 7.52 Å². The smallest absolute Gasteiger partial charge is 0.412 e. The molecule has 1 aromatic carbocycles. The van der Waals surface area contributed by atoms with Crippen LogP contribution in [-0.4, -0.2) is 61.1 Å². The van der Waals surface area contributed by atoms with E-state index >= 15 is 0 Å². The van der Waals surface area contributed by atoms with E-state index in [2.05, 4.69) is 26.1 Å². The molecule has 2 aromatic rings. The van der Waals surface area contributed by atoms with Crippen molar-refractivity contribution in [2.75, 3.05) is 45.8 Å². The highest BCUT2D eigenvalue weighted by atomic mass is 16.6. The molecule has 0 saturated carbocycles. The minimum Gasteiger partial charge on any atom is -0.421 e. The number of anilines is 1. The zero-order valence-electron chi connectivity index (χ0n) is 19.2. The lowest BCUT2D eigenvalue weighted by molar-refractivity contribution is 0.0330. The summed E-state index contributed by atoms with van der Waals surface area (Å²) in [6, 6.07) is 7.91. The molecule has 172 valence electrons. The van der Waals surface area contributed by atoms with Crippen LogP contribution in [0.5, 0.6) is 0 Å². The second kappa shape index (κ2) is 10.6. The topological polar surface area (TPSA) is 77.9 Å². The summed E-state index contributed by atoms with van der Waals surface area (Å²) in [5.74, 6) is 0.995. The molecular formula is C23H36N4O4. The van der Waals surface area contributed by atoms with Gasteiger partial charge in [-0.2, -0.15) is 0 Å². The predicted octanol–water partition coefficient (Wildman–Crippen LogP) is 4.65. The van der Waals surface area contributed by atoms with Crippen LogP contribution in [0.25, 0.3) is 11.0 Å². The molecule has 2 heterocycles. The average Bonchev–Trinajstić information content (AvgIpc) is 3.16. The fourth-order valence-corrected chi connectivity index (χ4v) is 3.86. The number of para-hydroxylation sites is 2. The van der Waals surface area contributed by atoms with Gasteiger partial charge < -0.3 is 24.4 Å². The lowest BCUT2D eigenvalue weighted by atomic mass is 9.96. The molecule has 2 atom stereocenters. The van der Waals surface area contributed by atoms with E-state index in [0.29, 0.717) is 38.2 Å². The number of fused-ring (bicyclic) bond motifs is 3. The molecule has 1 unspecified atom stereocenters. The first-order chi connectivity index (χ1) is 15.0. The van der Waals surface area contributed by atoms with Gasteiger partial charge in [-0.05, 0) is 30.9 Å². The lowest BCUT2D eigenvalue weighted by Gasteiger charge is -2.34. The van der Waals surface area contributed by atoms with Crippen molar-refractivity contribution in [2.24, 2.45) is 5.92 Å². The number of nitrogens with zero attached hydrogens (tertiary/aromatic N) is 3. The Labute approximate surface area is 185 Å². The molecule has 0 fully saturated rings. The number of methoxy groups -OCH3 is 2. The third-order valence-corrected chi connectivity index (χ3v) is 5.81. The monoisotopic (exact) mass is 432 g/mol. The van der Waals surface area contributed by atoms with Gasteiger partial charge in [0.15, 0.2) is 0 Å². The standard InChI is InChI=1S/C23H34N4O4.H2/c1-6-16(3)20-17(7-2)21(31-23(28)26(12-14-29-4)13-15-30-5)27-19-11-9-8-10-18(19)24-22(27)25-20;/h8-11,16,21H,6-7,12-15H2,1-5H3,(H,24,25);1H/t16-,21?;/m0./s1. The summed E-state index contributed by atoms with van der Waals surface area (Å²) >= 11 is 0. The van der Waals surface area contributed by atoms with Gasteiger partial charge in [0.25, 0.3) is 0 Å². The van der Waals surface area contributed by atoms with Crippen LogP contribution >= 0.6 is 0 Å². The molecule has 8 heteroatoms. The van der Waals surface area contributed by atoms with Crippen molar-refractivity contribution in [1.82, 2.24) is 14.5 Å². The molecule has 0 spiro atoms. The van der Waals surface area contributed by atoms with E-state index in [1.807, 2.05) is 28.8 Å². The number of rotatable bonds is 10. The zero-order valence-corrected chi connectivity index (χ0v) is 19.2. The highest BCUT2D eigenvalue weighted by Gasteiger charge is 2.34.